The number of nitrogens with one attached hydrogen (secondary N) is 2. The molecule has 0 aromatic heterocycles. The average molecular weight is 512 g/mol. The molecule has 0 unspecified atom stereocenters. The van der Waals surface area contributed by atoms with Gasteiger partial charge < -0.3 is 10.6 Å². The van der Waals surface area contributed by atoms with Crippen LogP contribution in [0.15, 0.2) is 48.6 Å². The van der Waals surface area contributed by atoms with Gasteiger partial charge in [-0.1, -0.05) is 58.5 Å². The van der Waals surface area contributed by atoms with Crippen LogP contribution in [0.2, 0.25) is 20.1 Å². The van der Waals surface area contributed by atoms with Crippen molar-refractivity contribution < 1.29 is 9.59 Å². The molecule has 0 saturated heterocycles. The Morgan fingerprint density at radius 3 is 1.28 bits per heavy atom. The highest BCUT2D eigenvalue weighted by Crippen LogP contribution is 2.26. The molecule has 3 rings (SSSR count). The van der Waals surface area contributed by atoms with Crippen molar-refractivity contribution in [3.63, 3.8) is 0 Å². The largest absolute Gasteiger partial charge is 0.350 e. The van der Waals surface area contributed by atoms with E-state index >= 15 is 0 Å². The van der Waals surface area contributed by atoms with Crippen molar-refractivity contribution in [2.75, 3.05) is 0 Å². The van der Waals surface area contributed by atoms with E-state index in [-0.39, 0.29) is 23.9 Å². The highest BCUT2D eigenvalue weighted by atomic mass is 35.5. The Bertz CT molecular complexity index is 920. The Kier molecular flexibility index (Phi) is 9.06. The van der Waals surface area contributed by atoms with Gasteiger partial charge in [0.15, 0.2) is 0 Å². The van der Waals surface area contributed by atoms with Gasteiger partial charge in [0.05, 0.1) is 0 Å². The zero-order valence-electron chi connectivity index (χ0n) is 17.1. The van der Waals surface area contributed by atoms with Crippen molar-refractivity contribution >= 4 is 70.4 Å². The molecule has 1 aliphatic rings. The Hall–Kier alpha value is -1.98. The zero-order valence-corrected chi connectivity index (χ0v) is 20.1. The van der Waals surface area contributed by atoms with E-state index in [0.29, 0.717) is 31.2 Å². The summed E-state index contributed by atoms with van der Waals surface area (Å²) in [6.07, 6.45) is 9.20. The molecule has 4 nitrogen and oxygen atoms in total. The van der Waals surface area contributed by atoms with Gasteiger partial charge in [-0.2, -0.15) is 0 Å². The molecule has 0 radical (unpaired) electrons. The molecule has 32 heavy (non-hydrogen) atoms. The minimum absolute atomic E-state index is 0.0551. The van der Waals surface area contributed by atoms with Crippen LogP contribution in [0.25, 0.3) is 12.2 Å². The predicted octanol–water partition coefficient (Wildman–Crippen LogP) is 6.57. The third-order valence-corrected chi connectivity index (χ3v) is 6.54. The summed E-state index contributed by atoms with van der Waals surface area (Å²) < 4.78 is 0. The normalized spacial score (nSPS) is 18.8. The zero-order chi connectivity index (χ0) is 23.1. The Balaban J connectivity index is 1.45. The lowest BCUT2D eigenvalue weighted by Crippen LogP contribution is -2.43. The number of rotatable bonds is 6. The number of carbonyl (C=O) groups excluding carboxylic acids is 2. The van der Waals surface area contributed by atoms with Gasteiger partial charge in [0.1, 0.15) is 0 Å². The highest BCUT2D eigenvalue weighted by Gasteiger charge is 2.22. The van der Waals surface area contributed by atoms with E-state index in [1.165, 1.54) is 12.2 Å². The highest BCUT2D eigenvalue weighted by molar-refractivity contribution is 6.37. The second kappa shape index (κ2) is 11.8. The summed E-state index contributed by atoms with van der Waals surface area (Å²) in [6.45, 7) is 0. The molecule has 0 atom stereocenters. The molecule has 2 amide bonds. The molecule has 2 aromatic carbocycles. The van der Waals surface area contributed by atoms with Crippen LogP contribution in [0.1, 0.15) is 36.8 Å². The second-order valence-electron chi connectivity index (χ2n) is 7.50. The van der Waals surface area contributed by atoms with Crippen molar-refractivity contribution in [3.8, 4) is 0 Å². The molecule has 2 N–H and O–H groups in total. The summed E-state index contributed by atoms with van der Waals surface area (Å²) >= 11 is 24.5. The maximum atomic E-state index is 12.3. The van der Waals surface area contributed by atoms with Crippen LogP contribution in [0.3, 0.4) is 0 Å². The molecule has 0 spiro atoms. The molecule has 1 saturated carbocycles. The van der Waals surface area contributed by atoms with Crippen molar-refractivity contribution in [1.29, 1.82) is 0 Å². The van der Waals surface area contributed by atoms with Gasteiger partial charge in [-0.3, -0.25) is 9.59 Å². The van der Waals surface area contributed by atoms with Crippen LogP contribution in [-0.4, -0.2) is 23.9 Å². The molecule has 0 bridgehead atoms. The van der Waals surface area contributed by atoms with Crippen LogP contribution in [-0.2, 0) is 9.59 Å². The van der Waals surface area contributed by atoms with E-state index in [4.69, 9.17) is 46.4 Å². The number of hydrogen-bond donors (Lipinski definition) is 2. The summed E-state index contributed by atoms with van der Waals surface area (Å²) in [6, 6.07) is 10.5. The number of hydrogen-bond acceptors (Lipinski definition) is 2. The topological polar surface area (TPSA) is 58.2 Å². The Labute approximate surface area is 207 Å². The standard InChI is InChI=1S/C24H22Cl4N2O2/c25-19-3-1-4-20(26)17(19)11-13-23(31)29-15-7-9-16(10-8-15)30-24(32)14-12-18-21(27)5-2-6-22(18)28/h1-6,11-16H,7-10H2,(H,29,31)(H,30,32)/b13-11+,14-12+. The van der Waals surface area contributed by atoms with E-state index in [2.05, 4.69) is 10.6 Å². The van der Waals surface area contributed by atoms with Crippen LogP contribution < -0.4 is 10.6 Å². The SMILES string of the molecule is O=C(/C=C/c1c(Cl)cccc1Cl)NC1CCC(NC(=O)/C=C/c2c(Cl)cccc2Cl)CC1. The number of carbonyl (C=O) groups is 2. The summed E-state index contributed by atoms with van der Waals surface area (Å²) in [5.41, 5.74) is 1.23. The number of amides is 2. The van der Waals surface area contributed by atoms with Crippen LogP contribution >= 0.6 is 46.4 Å². The first-order chi connectivity index (χ1) is 15.3. The minimum Gasteiger partial charge on any atom is -0.350 e. The maximum absolute atomic E-state index is 12.3. The van der Waals surface area contributed by atoms with Gasteiger partial charge in [0.2, 0.25) is 11.8 Å². The maximum Gasteiger partial charge on any atom is 0.244 e. The molecule has 1 fully saturated rings. The summed E-state index contributed by atoms with van der Waals surface area (Å²) in [7, 11) is 0. The first-order valence-corrected chi connectivity index (χ1v) is 11.7. The van der Waals surface area contributed by atoms with E-state index < -0.39 is 0 Å². The molecule has 0 aliphatic heterocycles. The quantitative estimate of drug-likeness (QED) is 0.431. The molecular weight excluding hydrogens is 490 g/mol. The van der Waals surface area contributed by atoms with Crippen molar-refractivity contribution in [2.24, 2.45) is 0 Å². The molecule has 1 aliphatic carbocycles. The minimum atomic E-state index is -0.201. The molecular formula is C24H22Cl4N2O2. The Morgan fingerprint density at radius 2 is 0.969 bits per heavy atom. The van der Waals surface area contributed by atoms with Crippen LogP contribution in [0.4, 0.5) is 0 Å². The van der Waals surface area contributed by atoms with E-state index in [9.17, 15) is 9.59 Å². The third kappa shape index (κ3) is 7.01. The first-order valence-electron chi connectivity index (χ1n) is 10.2. The predicted molar refractivity (Wildman–Crippen MR) is 133 cm³/mol. The molecule has 168 valence electrons. The van der Waals surface area contributed by atoms with Crippen molar-refractivity contribution in [1.82, 2.24) is 10.6 Å². The van der Waals surface area contributed by atoms with Gasteiger partial charge in [-0.15, -0.1) is 0 Å². The fourth-order valence-electron chi connectivity index (χ4n) is 3.54. The number of benzene rings is 2. The lowest BCUT2D eigenvalue weighted by molar-refractivity contribution is -0.118. The van der Waals surface area contributed by atoms with Crippen molar-refractivity contribution in [2.45, 2.75) is 37.8 Å². The molecule has 2 aromatic rings. The lowest BCUT2D eigenvalue weighted by atomic mass is 9.91. The van der Waals surface area contributed by atoms with Gasteiger partial charge in [-0.05, 0) is 62.1 Å². The van der Waals surface area contributed by atoms with E-state index in [0.717, 1.165) is 25.7 Å². The van der Waals surface area contributed by atoms with Gasteiger partial charge in [0.25, 0.3) is 0 Å². The smallest absolute Gasteiger partial charge is 0.244 e. The van der Waals surface area contributed by atoms with Crippen LogP contribution in [0, 0.1) is 0 Å². The van der Waals surface area contributed by atoms with Gasteiger partial charge in [0, 0.05) is 55.5 Å². The fourth-order valence-corrected chi connectivity index (χ4v) is 4.59. The monoisotopic (exact) mass is 510 g/mol. The molecule has 8 heteroatoms. The van der Waals surface area contributed by atoms with E-state index in [1.54, 1.807) is 48.6 Å². The lowest BCUT2D eigenvalue weighted by Gasteiger charge is -2.29. The van der Waals surface area contributed by atoms with Crippen molar-refractivity contribution in [3.05, 3.63) is 79.8 Å². The average Bonchev–Trinajstić information content (AvgIpc) is 2.74. The summed E-state index contributed by atoms with van der Waals surface area (Å²) in [4.78, 5) is 24.5. The van der Waals surface area contributed by atoms with Gasteiger partial charge >= 0.3 is 0 Å². The second-order valence-corrected chi connectivity index (χ2v) is 9.13. The summed E-state index contributed by atoms with van der Waals surface area (Å²) in [5, 5.41) is 7.94. The number of halogens is 4. The Morgan fingerprint density at radius 1 is 0.656 bits per heavy atom. The van der Waals surface area contributed by atoms with E-state index in [1.807, 2.05) is 0 Å². The first kappa shape index (κ1) is 24.7. The van der Waals surface area contributed by atoms with Gasteiger partial charge in [-0.25, -0.2) is 0 Å². The van der Waals surface area contributed by atoms with Crippen LogP contribution in [0.5, 0.6) is 0 Å². The summed E-state index contributed by atoms with van der Waals surface area (Å²) in [5.74, 6) is -0.402. The fraction of sp³-hybridized carbons (Fsp3) is 0.250. The molecule has 0 heterocycles. The third-order valence-electron chi connectivity index (χ3n) is 5.22.